The molecule has 5 nitrogen and oxygen atoms in total. The SMILES string of the molecule is COc1ccc(C(=O)N2CCC3(CCCN(Cc4cccc(F)c4F)C3)C2)o1. The van der Waals surface area contributed by atoms with Gasteiger partial charge in [0, 0.05) is 43.2 Å². The lowest BCUT2D eigenvalue weighted by atomic mass is 9.79. The van der Waals surface area contributed by atoms with Gasteiger partial charge in [0.25, 0.3) is 11.9 Å². The first-order chi connectivity index (χ1) is 13.5. The Bertz CT molecular complexity index is 869. The molecule has 1 aromatic heterocycles. The Morgan fingerprint density at radius 3 is 2.82 bits per heavy atom. The van der Waals surface area contributed by atoms with E-state index in [0.29, 0.717) is 31.1 Å². The highest BCUT2D eigenvalue weighted by molar-refractivity contribution is 5.91. The van der Waals surface area contributed by atoms with E-state index in [2.05, 4.69) is 4.90 Å². The molecule has 1 amide bonds. The van der Waals surface area contributed by atoms with Crippen LogP contribution in [0.15, 0.2) is 34.7 Å². The fourth-order valence-electron chi connectivity index (χ4n) is 4.50. The zero-order valence-electron chi connectivity index (χ0n) is 15.9. The fourth-order valence-corrected chi connectivity index (χ4v) is 4.50. The van der Waals surface area contributed by atoms with Crippen LogP contribution in [0.25, 0.3) is 0 Å². The molecule has 4 rings (SSSR count). The molecule has 150 valence electrons. The Kier molecular flexibility index (Phi) is 5.10. The van der Waals surface area contributed by atoms with Crippen LogP contribution in [0, 0.1) is 17.0 Å². The summed E-state index contributed by atoms with van der Waals surface area (Å²) in [7, 11) is 1.50. The number of benzene rings is 1. The Balaban J connectivity index is 1.42. The van der Waals surface area contributed by atoms with Gasteiger partial charge in [0.2, 0.25) is 0 Å². The molecule has 1 unspecified atom stereocenters. The van der Waals surface area contributed by atoms with Crippen LogP contribution in [0.1, 0.15) is 35.4 Å². The highest BCUT2D eigenvalue weighted by Crippen LogP contribution is 2.40. The maximum Gasteiger partial charge on any atom is 0.289 e. The van der Waals surface area contributed by atoms with Crippen LogP contribution in [-0.2, 0) is 6.54 Å². The number of piperidine rings is 1. The first-order valence-electron chi connectivity index (χ1n) is 9.58. The third kappa shape index (κ3) is 3.63. The van der Waals surface area contributed by atoms with E-state index in [-0.39, 0.29) is 17.1 Å². The summed E-state index contributed by atoms with van der Waals surface area (Å²) in [5.74, 6) is -1.11. The number of halogens is 2. The van der Waals surface area contributed by atoms with Gasteiger partial charge in [0.15, 0.2) is 17.4 Å². The number of likely N-dealkylation sites (tertiary alicyclic amines) is 2. The Morgan fingerprint density at radius 2 is 2.04 bits per heavy atom. The summed E-state index contributed by atoms with van der Waals surface area (Å²) in [6, 6.07) is 7.58. The van der Waals surface area contributed by atoms with Crippen molar-refractivity contribution >= 4 is 5.91 Å². The van der Waals surface area contributed by atoms with Crippen molar-refractivity contribution in [2.75, 3.05) is 33.3 Å². The Hall–Kier alpha value is -2.41. The lowest BCUT2D eigenvalue weighted by Crippen LogP contribution is -2.45. The van der Waals surface area contributed by atoms with Crippen LogP contribution >= 0.6 is 0 Å². The van der Waals surface area contributed by atoms with Gasteiger partial charge in [-0.15, -0.1) is 0 Å². The Morgan fingerprint density at radius 1 is 1.18 bits per heavy atom. The number of amides is 1. The molecule has 2 saturated heterocycles. The van der Waals surface area contributed by atoms with Crippen molar-refractivity contribution in [3.8, 4) is 5.95 Å². The third-order valence-corrected chi connectivity index (χ3v) is 5.88. The molecular weight excluding hydrogens is 366 g/mol. The van der Waals surface area contributed by atoms with Gasteiger partial charge in [-0.2, -0.15) is 0 Å². The van der Waals surface area contributed by atoms with Crippen molar-refractivity contribution in [2.45, 2.75) is 25.8 Å². The topological polar surface area (TPSA) is 45.9 Å². The van der Waals surface area contributed by atoms with E-state index in [1.165, 1.54) is 7.11 Å². The summed E-state index contributed by atoms with van der Waals surface area (Å²) in [4.78, 5) is 16.7. The van der Waals surface area contributed by atoms with Crippen LogP contribution < -0.4 is 4.74 Å². The molecule has 1 aromatic carbocycles. The van der Waals surface area contributed by atoms with Crippen LogP contribution in [0.5, 0.6) is 5.95 Å². The van der Waals surface area contributed by atoms with Crippen molar-refractivity contribution in [2.24, 2.45) is 5.41 Å². The summed E-state index contributed by atoms with van der Waals surface area (Å²) in [6.45, 7) is 3.32. The van der Waals surface area contributed by atoms with E-state index in [0.717, 1.165) is 38.4 Å². The van der Waals surface area contributed by atoms with Crippen molar-refractivity contribution < 1.29 is 22.7 Å². The maximum atomic E-state index is 14.0. The zero-order valence-corrected chi connectivity index (χ0v) is 15.9. The molecule has 2 aliphatic heterocycles. The van der Waals surface area contributed by atoms with E-state index in [1.807, 2.05) is 4.90 Å². The van der Waals surface area contributed by atoms with Gasteiger partial charge in [-0.25, -0.2) is 8.78 Å². The van der Waals surface area contributed by atoms with Gasteiger partial charge in [0.1, 0.15) is 0 Å². The molecule has 0 radical (unpaired) electrons. The van der Waals surface area contributed by atoms with Crippen LogP contribution in [0.3, 0.4) is 0 Å². The second kappa shape index (κ2) is 7.54. The molecule has 0 bridgehead atoms. The quantitative estimate of drug-likeness (QED) is 0.799. The van der Waals surface area contributed by atoms with E-state index < -0.39 is 11.6 Å². The normalized spacial score (nSPS) is 22.8. The van der Waals surface area contributed by atoms with Gasteiger partial charge < -0.3 is 14.1 Å². The minimum absolute atomic E-state index is 0.00557. The number of furan rings is 1. The smallest absolute Gasteiger partial charge is 0.289 e. The molecule has 2 aromatic rings. The summed E-state index contributed by atoms with van der Waals surface area (Å²) in [6.07, 6.45) is 2.91. The van der Waals surface area contributed by atoms with E-state index in [1.54, 1.807) is 24.3 Å². The molecule has 0 saturated carbocycles. The molecule has 7 heteroatoms. The Labute approximate surface area is 162 Å². The number of hydrogen-bond acceptors (Lipinski definition) is 4. The zero-order chi connectivity index (χ0) is 19.7. The van der Waals surface area contributed by atoms with E-state index >= 15 is 0 Å². The number of carbonyl (C=O) groups excluding carboxylic acids is 1. The first kappa shape index (κ1) is 18.9. The van der Waals surface area contributed by atoms with Crippen molar-refractivity contribution in [3.05, 3.63) is 53.3 Å². The highest BCUT2D eigenvalue weighted by atomic mass is 19.2. The summed E-state index contributed by atoms with van der Waals surface area (Å²) < 4.78 is 37.9. The second-order valence-electron chi connectivity index (χ2n) is 7.83. The molecule has 1 spiro atoms. The third-order valence-electron chi connectivity index (χ3n) is 5.88. The summed E-state index contributed by atoms with van der Waals surface area (Å²) >= 11 is 0. The van der Waals surface area contributed by atoms with E-state index in [4.69, 9.17) is 9.15 Å². The highest BCUT2D eigenvalue weighted by Gasteiger charge is 2.43. The van der Waals surface area contributed by atoms with Gasteiger partial charge >= 0.3 is 0 Å². The van der Waals surface area contributed by atoms with Crippen molar-refractivity contribution in [3.63, 3.8) is 0 Å². The lowest BCUT2D eigenvalue weighted by molar-refractivity contribution is 0.0644. The summed E-state index contributed by atoms with van der Waals surface area (Å²) in [5.41, 5.74) is 0.375. The van der Waals surface area contributed by atoms with Crippen LogP contribution in [-0.4, -0.2) is 49.0 Å². The number of ether oxygens (including phenoxy) is 1. The molecule has 3 heterocycles. The molecule has 1 atom stereocenters. The number of rotatable bonds is 4. The molecule has 0 aliphatic carbocycles. The number of hydrogen-bond donors (Lipinski definition) is 0. The maximum absolute atomic E-state index is 14.0. The lowest BCUT2D eigenvalue weighted by Gasteiger charge is -2.40. The standard InChI is InChI=1S/C21H24F2N2O3/c1-27-18-7-6-17(28-18)20(26)25-11-9-21(14-25)8-3-10-24(13-21)12-15-4-2-5-16(22)19(15)23/h2,4-7H,3,8-14H2,1H3. The van der Waals surface area contributed by atoms with Gasteiger partial charge in [-0.05, 0) is 37.9 Å². The number of nitrogens with zero attached hydrogens (tertiary/aromatic N) is 2. The fraction of sp³-hybridized carbons (Fsp3) is 0.476. The number of methoxy groups -OCH3 is 1. The molecule has 2 fully saturated rings. The molecule has 28 heavy (non-hydrogen) atoms. The molecule has 2 aliphatic rings. The number of carbonyl (C=O) groups is 1. The predicted octanol–water partition coefficient (Wildman–Crippen LogP) is 3.69. The van der Waals surface area contributed by atoms with Gasteiger partial charge in [0.05, 0.1) is 7.11 Å². The van der Waals surface area contributed by atoms with Gasteiger partial charge in [-0.1, -0.05) is 12.1 Å². The van der Waals surface area contributed by atoms with Crippen LogP contribution in [0.4, 0.5) is 8.78 Å². The van der Waals surface area contributed by atoms with Gasteiger partial charge in [-0.3, -0.25) is 9.69 Å². The average molecular weight is 390 g/mol. The second-order valence-corrected chi connectivity index (χ2v) is 7.83. The van der Waals surface area contributed by atoms with Crippen LogP contribution in [0.2, 0.25) is 0 Å². The molecule has 0 N–H and O–H groups in total. The monoisotopic (exact) mass is 390 g/mol. The minimum Gasteiger partial charge on any atom is -0.468 e. The van der Waals surface area contributed by atoms with Crippen molar-refractivity contribution in [1.29, 1.82) is 0 Å². The molecular formula is C21H24F2N2O3. The largest absolute Gasteiger partial charge is 0.468 e. The summed E-state index contributed by atoms with van der Waals surface area (Å²) in [5, 5.41) is 0. The minimum atomic E-state index is -0.810. The average Bonchev–Trinajstić information content (AvgIpc) is 3.33. The predicted molar refractivity (Wildman–Crippen MR) is 99.1 cm³/mol. The first-order valence-corrected chi connectivity index (χ1v) is 9.58. The van der Waals surface area contributed by atoms with E-state index in [9.17, 15) is 13.6 Å². The van der Waals surface area contributed by atoms with Crippen molar-refractivity contribution in [1.82, 2.24) is 9.80 Å².